The highest BCUT2D eigenvalue weighted by atomic mass is 28.4. The van der Waals surface area contributed by atoms with Crippen molar-refractivity contribution in [2.45, 2.75) is 76.1 Å². The van der Waals surface area contributed by atoms with Gasteiger partial charge < -0.3 is 23.3 Å². The molecule has 3 heterocycles. The van der Waals surface area contributed by atoms with Gasteiger partial charge >= 0.3 is 0 Å². The number of carbonyl (C=O) groups excluding carboxylic acids is 1. The Morgan fingerprint density at radius 2 is 1.66 bits per heavy atom. The number of amides is 1. The zero-order valence-corrected chi connectivity index (χ0v) is 20.7. The Hall–Kier alpha value is -1.20. The van der Waals surface area contributed by atoms with Gasteiger partial charge in [-0.05, 0) is 50.2 Å². The summed E-state index contributed by atoms with van der Waals surface area (Å²) in [5.41, 5.74) is 0.906. The van der Waals surface area contributed by atoms with Gasteiger partial charge in [0.05, 0.1) is 19.8 Å². The van der Waals surface area contributed by atoms with E-state index in [1.54, 1.807) is 7.11 Å². The molecule has 3 aliphatic heterocycles. The highest BCUT2D eigenvalue weighted by molar-refractivity contribution is 6.95. The van der Waals surface area contributed by atoms with Gasteiger partial charge in [-0.1, -0.05) is 26.2 Å². The van der Waals surface area contributed by atoms with Crippen LogP contribution >= 0.6 is 0 Å². The second-order valence-corrected chi connectivity index (χ2v) is 19.9. The molecule has 0 radical (unpaired) electrons. The van der Waals surface area contributed by atoms with Crippen LogP contribution in [0.15, 0.2) is 24.3 Å². The summed E-state index contributed by atoms with van der Waals surface area (Å²) in [6, 6.07) is 10.2. The van der Waals surface area contributed by atoms with Crippen LogP contribution in [0.3, 0.4) is 0 Å². The summed E-state index contributed by atoms with van der Waals surface area (Å²) in [5, 5.41) is 0. The van der Waals surface area contributed by atoms with Crippen molar-refractivity contribution in [3.63, 3.8) is 0 Å². The Morgan fingerprint density at radius 3 is 2.14 bits per heavy atom. The number of nitrogens with zero attached hydrogens (tertiary/aromatic N) is 2. The molecule has 3 saturated heterocycles. The largest absolute Gasteiger partial charge is 0.497 e. The van der Waals surface area contributed by atoms with E-state index < -0.39 is 22.3 Å². The molecule has 3 atom stereocenters. The van der Waals surface area contributed by atoms with Gasteiger partial charge in [0.2, 0.25) is 5.91 Å². The molecule has 160 valence electrons. The molecule has 0 bridgehead atoms. The predicted octanol–water partition coefficient (Wildman–Crippen LogP) is 3.66. The first-order chi connectivity index (χ1) is 13.5. The molecule has 3 aliphatic rings. The summed E-state index contributed by atoms with van der Waals surface area (Å²) < 4.78 is 20.2. The van der Waals surface area contributed by atoms with Crippen LogP contribution in [0.5, 0.6) is 5.75 Å². The van der Waals surface area contributed by atoms with Crippen molar-refractivity contribution in [1.82, 2.24) is 4.23 Å². The fourth-order valence-electron chi connectivity index (χ4n) is 5.48. The van der Waals surface area contributed by atoms with Gasteiger partial charge in [-0.2, -0.15) is 0 Å². The molecular formula is C21H34N2O4Si2. The second kappa shape index (κ2) is 6.91. The number of benzene rings is 1. The van der Waals surface area contributed by atoms with Gasteiger partial charge in [0.15, 0.2) is 5.79 Å². The quantitative estimate of drug-likeness (QED) is 0.535. The van der Waals surface area contributed by atoms with E-state index in [0.717, 1.165) is 11.4 Å². The van der Waals surface area contributed by atoms with Crippen LogP contribution in [0.2, 0.25) is 38.3 Å². The molecule has 0 spiro atoms. The molecule has 0 aromatic heterocycles. The Bertz CT molecular complexity index is 780. The lowest BCUT2D eigenvalue weighted by Crippen LogP contribution is -2.80. The van der Waals surface area contributed by atoms with Gasteiger partial charge in [-0.25, -0.2) is 0 Å². The van der Waals surface area contributed by atoms with Crippen molar-refractivity contribution in [3.05, 3.63) is 24.3 Å². The molecule has 0 saturated carbocycles. The van der Waals surface area contributed by atoms with Crippen molar-refractivity contribution in [2.75, 3.05) is 18.6 Å². The Labute approximate surface area is 176 Å². The van der Waals surface area contributed by atoms with Gasteiger partial charge in [0.25, 0.3) is 0 Å². The van der Waals surface area contributed by atoms with E-state index in [2.05, 4.69) is 30.4 Å². The van der Waals surface area contributed by atoms with Crippen LogP contribution in [0.25, 0.3) is 0 Å². The van der Waals surface area contributed by atoms with Crippen LogP contribution < -0.4 is 9.64 Å². The Morgan fingerprint density at radius 1 is 1.07 bits per heavy atom. The van der Waals surface area contributed by atoms with Gasteiger partial charge in [0.1, 0.15) is 34.4 Å². The molecule has 0 unspecified atom stereocenters. The number of carbonyl (C=O) groups is 1. The van der Waals surface area contributed by atoms with E-state index in [4.69, 9.17) is 14.2 Å². The number of β-lactam (4-membered cyclic amide) rings is 1. The van der Waals surface area contributed by atoms with Crippen LogP contribution in [-0.4, -0.2) is 64.3 Å². The van der Waals surface area contributed by atoms with Crippen LogP contribution in [0, 0.1) is 0 Å². The summed E-state index contributed by atoms with van der Waals surface area (Å²) in [5.74, 6) is 0.388. The molecule has 4 rings (SSSR count). The molecule has 1 aromatic carbocycles. The first-order valence-corrected chi connectivity index (χ1v) is 16.9. The van der Waals surface area contributed by atoms with Gasteiger partial charge in [-0.15, -0.1) is 0 Å². The smallest absolute Gasteiger partial charge is 0.245 e. The van der Waals surface area contributed by atoms with E-state index in [1.165, 1.54) is 12.1 Å². The highest BCUT2D eigenvalue weighted by Gasteiger charge is 2.63. The third-order valence-electron chi connectivity index (χ3n) is 6.81. The SMILES string of the molecule is COc1ccc(N2C(=O)[C@@H](N3[Si](C)(C)CC[Si]3(C)C)[C@H]2[C@H]2COC(C)(C)O2)cc1. The summed E-state index contributed by atoms with van der Waals surface area (Å²) in [7, 11) is -1.59. The molecule has 1 amide bonds. The lowest BCUT2D eigenvalue weighted by Gasteiger charge is -2.57. The molecule has 1 aromatic rings. The first-order valence-electron chi connectivity index (χ1n) is 10.6. The molecule has 0 aliphatic carbocycles. The maximum absolute atomic E-state index is 13.6. The average Bonchev–Trinajstić information content (AvgIpc) is 3.10. The van der Waals surface area contributed by atoms with Crippen molar-refractivity contribution < 1.29 is 19.0 Å². The zero-order chi connectivity index (χ0) is 21.2. The number of rotatable bonds is 4. The minimum absolute atomic E-state index is 0.0191. The fourth-order valence-corrected chi connectivity index (χ4v) is 20.1. The number of hydrogen-bond donors (Lipinski definition) is 0. The summed E-state index contributed by atoms with van der Waals surface area (Å²) >= 11 is 0. The lowest BCUT2D eigenvalue weighted by molar-refractivity contribution is -0.151. The Balaban J connectivity index is 1.70. The van der Waals surface area contributed by atoms with Crippen molar-refractivity contribution in [1.29, 1.82) is 0 Å². The standard InChI is InChI=1S/C21H34N2O4Si2/c1-21(2)26-14-17(27-21)18-19(23-28(4,5)12-13-29(23,6)7)20(24)22(18)15-8-10-16(25-3)11-9-15/h8-11,17-19H,12-14H2,1-7H3/t17-,18-,19+/m1/s1. The number of anilines is 1. The fraction of sp³-hybridized carbons (Fsp3) is 0.667. The van der Waals surface area contributed by atoms with Crippen molar-refractivity contribution in [2.24, 2.45) is 0 Å². The van der Waals surface area contributed by atoms with Crippen LogP contribution in [-0.2, 0) is 14.3 Å². The van der Waals surface area contributed by atoms with Gasteiger partial charge in [0, 0.05) is 5.69 Å². The summed E-state index contributed by atoms with van der Waals surface area (Å²) in [6.07, 6.45) is -0.120. The van der Waals surface area contributed by atoms with Crippen molar-refractivity contribution in [3.8, 4) is 5.75 Å². The Kier molecular flexibility index (Phi) is 5.02. The van der Waals surface area contributed by atoms with E-state index >= 15 is 0 Å². The van der Waals surface area contributed by atoms with E-state index in [0.29, 0.717) is 6.61 Å². The molecular weight excluding hydrogens is 400 g/mol. The average molecular weight is 435 g/mol. The topological polar surface area (TPSA) is 51.2 Å². The molecule has 3 fully saturated rings. The van der Waals surface area contributed by atoms with E-state index in [-0.39, 0.29) is 24.1 Å². The van der Waals surface area contributed by atoms with Crippen molar-refractivity contribution >= 4 is 28.1 Å². The summed E-state index contributed by atoms with van der Waals surface area (Å²) in [6.45, 7) is 14.1. The number of methoxy groups -OCH3 is 1. The predicted molar refractivity (Wildman–Crippen MR) is 119 cm³/mol. The second-order valence-electron chi connectivity index (χ2n) is 10.2. The lowest BCUT2D eigenvalue weighted by atomic mass is 9.90. The third-order valence-corrected chi connectivity index (χ3v) is 17.0. The monoisotopic (exact) mass is 434 g/mol. The van der Waals surface area contributed by atoms with Crippen LogP contribution in [0.4, 0.5) is 5.69 Å². The normalized spacial score (nSPS) is 33.0. The minimum Gasteiger partial charge on any atom is -0.497 e. The highest BCUT2D eigenvalue weighted by Crippen LogP contribution is 2.46. The molecule has 8 heteroatoms. The van der Waals surface area contributed by atoms with E-state index in [1.807, 2.05) is 43.0 Å². The first kappa shape index (κ1) is 21.1. The molecule has 29 heavy (non-hydrogen) atoms. The molecule has 0 N–H and O–H groups in total. The third kappa shape index (κ3) is 3.48. The molecule has 6 nitrogen and oxygen atoms in total. The van der Waals surface area contributed by atoms with E-state index in [9.17, 15) is 4.79 Å². The maximum Gasteiger partial charge on any atom is 0.245 e. The zero-order valence-electron chi connectivity index (χ0n) is 18.7. The minimum atomic E-state index is -1.62. The maximum atomic E-state index is 13.6. The summed E-state index contributed by atoms with van der Waals surface area (Å²) in [4.78, 5) is 15.5. The van der Waals surface area contributed by atoms with Crippen LogP contribution in [0.1, 0.15) is 13.8 Å². The number of hydrogen-bond acceptors (Lipinski definition) is 5. The van der Waals surface area contributed by atoms with Gasteiger partial charge in [-0.3, -0.25) is 4.79 Å². The number of ether oxygens (including phenoxy) is 3.